The van der Waals surface area contributed by atoms with Crippen molar-refractivity contribution in [1.82, 2.24) is 0 Å². The predicted octanol–water partition coefficient (Wildman–Crippen LogP) is 4.07. The molecule has 0 spiro atoms. The number of hydrogen-bond acceptors (Lipinski definition) is 1. The van der Waals surface area contributed by atoms with Gasteiger partial charge in [0.2, 0.25) is 0 Å². The molecule has 14 heavy (non-hydrogen) atoms. The van der Waals surface area contributed by atoms with E-state index in [0.29, 0.717) is 15.6 Å². The SMILES string of the molecule is CCC(C)C(O)c1cc(Cl)ccc1Cl. The summed E-state index contributed by atoms with van der Waals surface area (Å²) in [6.45, 7) is 4.02. The Morgan fingerprint density at radius 1 is 1.36 bits per heavy atom. The highest BCUT2D eigenvalue weighted by Crippen LogP contribution is 2.31. The summed E-state index contributed by atoms with van der Waals surface area (Å²) in [5.41, 5.74) is 0.716. The van der Waals surface area contributed by atoms with Crippen molar-refractivity contribution in [3.63, 3.8) is 0 Å². The highest BCUT2D eigenvalue weighted by atomic mass is 35.5. The van der Waals surface area contributed by atoms with Crippen molar-refractivity contribution in [1.29, 1.82) is 0 Å². The molecule has 0 amide bonds. The van der Waals surface area contributed by atoms with E-state index in [1.807, 2.05) is 13.8 Å². The predicted molar refractivity (Wildman–Crippen MR) is 60.9 cm³/mol. The molecule has 0 radical (unpaired) electrons. The van der Waals surface area contributed by atoms with Crippen molar-refractivity contribution in [2.24, 2.45) is 5.92 Å². The first-order valence-corrected chi connectivity index (χ1v) is 5.44. The van der Waals surface area contributed by atoms with E-state index in [4.69, 9.17) is 23.2 Å². The van der Waals surface area contributed by atoms with Gasteiger partial charge >= 0.3 is 0 Å². The maximum atomic E-state index is 9.95. The molecule has 0 saturated heterocycles. The average Bonchev–Trinajstić information content (AvgIpc) is 2.19. The van der Waals surface area contributed by atoms with E-state index in [1.165, 1.54) is 0 Å². The highest BCUT2D eigenvalue weighted by Gasteiger charge is 2.17. The van der Waals surface area contributed by atoms with Crippen LogP contribution in [0.4, 0.5) is 0 Å². The minimum absolute atomic E-state index is 0.186. The summed E-state index contributed by atoms with van der Waals surface area (Å²) in [4.78, 5) is 0. The summed E-state index contributed by atoms with van der Waals surface area (Å²) in [6.07, 6.45) is 0.371. The number of rotatable bonds is 3. The van der Waals surface area contributed by atoms with Crippen LogP contribution in [0.5, 0.6) is 0 Å². The van der Waals surface area contributed by atoms with E-state index in [-0.39, 0.29) is 5.92 Å². The number of aliphatic hydroxyl groups excluding tert-OH is 1. The molecule has 3 heteroatoms. The van der Waals surface area contributed by atoms with E-state index in [2.05, 4.69) is 0 Å². The molecular formula is C11H14Cl2O. The Balaban J connectivity index is 2.99. The standard InChI is InChI=1S/C11H14Cl2O/c1-3-7(2)11(14)9-6-8(12)4-5-10(9)13/h4-7,11,14H,3H2,1-2H3. The Morgan fingerprint density at radius 3 is 2.57 bits per heavy atom. The van der Waals surface area contributed by atoms with Gasteiger partial charge in [-0.2, -0.15) is 0 Å². The fourth-order valence-electron chi connectivity index (χ4n) is 1.27. The second kappa shape index (κ2) is 5.01. The molecule has 0 heterocycles. The fraction of sp³-hybridized carbons (Fsp3) is 0.455. The molecule has 2 unspecified atom stereocenters. The molecule has 1 aromatic carbocycles. The van der Waals surface area contributed by atoms with Gasteiger partial charge < -0.3 is 5.11 Å². The van der Waals surface area contributed by atoms with E-state index >= 15 is 0 Å². The van der Waals surface area contributed by atoms with Crippen LogP contribution in [0.2, 0.25) is 10.0 Å². The molecule has 1 nitrogen and oxygen atoms in total. The van der Waals surface area contributed by atoms with Crippen LogP contribution >= 0.6 is 23.2 Å². The molecule has 0 aromatic heterocycles. The first-order valence-electron chi connectivity index (χ1n) is 4.69. The number of aliphatic hydroxyl groups is 1. The summed E-state index contributed by atoms with van der Waals surface area (Å²) in [5.74, 6) is 0.186. The lowest BCUT2D eigenvalue weighted by molar-refractivity contribution is 0.115. The molecule has 0 fully saturated rings. The number of benzene rings is 1. The van der Waals surface area contributed by atoms with Gasteiger partial charge in [0.1, 0.15) is 0 Å². The Morgan fingerprint density at radius 2 is 2.00 bits per heavy atom. The highest BCUT2D eigenvalue weighted by molar-refractivity contribution is 6.33. The summed E-state index contributed by atoms with van der Waals surface area (Å²) in [7, 11) is 0. The van der Waals surface area contributed by atoms with E-state index in [0.717, 1.165) is 6.42 Å². The van der Waals surface area contributed by atoms with E-state index in [9.17, 15) is 5.11 Å². The van der Waals surface area contributed by atoms with Crippen LogP contribution < -0.4 is 0 Å². The largest absolute Gasteiger partial charge is 0.388 e. The summed E-state index contributed by atoms with van der Waals surface area (Å²) in [6, 6.07) is 5.16. The zero-order valence-corrected chi connectivity index (χ0v) is 9.81. The van der Waals surface area contributed by atoms with Gasteiger partial charge in [0.25, 0.3) is 0 Å². The van der Waals surface area contributed by atoms with Crippen molar-refractivity contribution < 1.29 is 5.11 Å². The Hall–Kier alpha value is -0.240. The Kier molecular flexibility index (Phi) is 4.24. The molecule has 78 valence electrons. The first kappa shape index (κ1) is 11.8. The summed E-state index contributed by atoms with van der Waals surface area (Å²) >= 11 is 11.8. The van der Waals surface area contributed by atoms with Gasteiger partial charge in [-0.3, -0.25) is 0 Å². The van der Waals surface area contributed by atoms with E-state index < -0.39 is 6.10 Å². The second-order valence-corrected chi connectivity index (χ2v) is 4.34. The molecule has 2 atom stereocenters. The first-order chi connectivity index (χ1) is 6.56. The van der Waals surface area contributed by atoms with Crippen LogP contribution in [0.1, 0.15) is 31.9 Å². The molecule has 1 rings (SSSR count). The minimum Gasteiger partial charge on any atom is -0.388 e. The van der Waals surface area contributed by atoms with Crippen LogP contribution in [0.15, 0.2) is 18.2 Å². The average molecular weight is 233 g/mol. The number of hydrogen-bond donors (Lipinski definition) is 1. The van der Waals surface area contributed by atoms with Gasteiger partial charge in [0.15, 0.2) is 0 Å². The molecule has 0 saturated carbocycles. The van der Waals surface area contributed by atoms with Crippen molar-refractivity contribution in [3.8, 4) is 0 Å². The van der Waals surface area contributed by atoms with Gasteiger partial charge in [-0.1, -0.05) is 43.5 Å². The maximum absolute atomic E-state index is 9.95. The molecule has 0 aliphatic carbocycles. The summed E-state index contributed by atoms with van der Waals surface area (Å²) < 4.78 is 0. The van der Waals surface area contributed by atoms with Crippen LogP contribution in [0.3, 0.4) is 0 Å². The third-order valence-electron chi connectivity index (χ3n) is 2.46. The van der Waals surface area contributed by atoms with Crippen LogP contribution in [0, 0.1) is 5.92 Å². The zero-order chi connectivity index (χ0) is 10.7. The van der Waals surface area contributed by atoms with E-state index in [1.54, 1.807) is 18.2 Å². The normalized spacial score (nSPS) is 15.2. The molecule has 0 bridgehead atoms. The van der Waals surface area contributed by atoms with Gasteiger partial charge in [-0.05, 0) is 24.1 Å². The number of halogens is 2. The van der Waals surface area contributed by atoms with Gasteiger partial charge in [-0.25, -0.2) is 0 Å². The Bertz CT molecular complexity index is 312. The molecule has 0 aliphatic heterocycles. The fourth-order valence-corrected chi connectivity index (χ4v) is 1.68. The molecular weight excluding hydrogens is 219 g/mol. The minimum atomic E-state index is -0.536. The van der Waals surface area contributed by atoms with Gasteiger partial charge in [0.05, 0.1) is 6.10 Å². The maximum Gasteiger partial charge on any atom is 0.0830 e. The zero-order valence-electron chi connectivity index (χ0n) is 8.30. The lowest BCUT2D eigenvalue weighted by atomic mass is 9.95. The quantitative estimate of drug-likeness (QED) is 0.834. The second-order valence-electron chi connectivity index (χ2n) is 3.50. The van der Waals surface area contributed by atoms with Gasteiger partial charge in [0, 0.05) is 15.6 Å². The monoisotopic (exact) mass is 232 g/mol. The molecule has 1 N–H and O–H groups in total. The lowest BCUT2D eigenvalue weighted by Crippen LogP contribution is -2.08. The van der Waals surface area contributed by atoms with Gasteiger partial charge in [-0.15, -0.1) is 0 Å². The third kappa shape index (κ3) is 2.63. The van der Waals surface area contributed by atoms with Crippen LogP contribution in [-0.2, 0) is 0 Å². The van der Waals surface area contributed by atoms with Crippen LogP contribution in [-0.4, -0.2) is 5.11 Å². The smallest absolute Gasteiger partial charge is 0.0830 e. The van der Waals surface area contributed by atoms with Crippen molar-refractivity contribution >= 4 is 23.2 Å². The topological polar surface area (TPSA) is 20.2 Å². The Labute approximate surface area is 94.7 Å². The molecule has 1 aromatic rings. The van der Waals surface area contributed by atoms with Crippen molar-refractivity contribution in [2.45, 2.75) is 26.4 Å². The molecule has 0 aliphatic rings. The summed E-state index contributed by atoms with van der Waals surface area (Å²) in [5, 5.41) is 11.1. The lowest BCUT2D eigenvalue weighted by Gasteiger charge is -2.18. The van der Waals surface area contributed by atoms with Crippen LogP contribution in [0.25, 0.3) is 0 Å². The third-order valence-corrected chi connectivity index (χ3v) is 3.04. The van der Waals surface area contributed by atoms with Crippen molar-refractivity contribution in [3.05, 3.63) is 33.8 Å². The van der Waals surface area contributed by atoms with Crippen molar-refractivity contribution in [2.75, 3.05) is 0 Å².